The number of pyridine rings is 1. The number of piperidine rings is 1. The van der Waals surface area contributed by atoms with Gasteiger partial charge in [-0.2, -0.15) is 0 Å². The summed E-state index contributed by atoms with van der Waals surface area (Å²) in [5.74, 6) is 1.53. The molecule has 6 nitrogen and oxygen atoms in total. The van der Waals surface area contributed by atoms with Crippen molar-refractivity contribution in [3.05, 3.63) is 42.1 Å². The van der Waals surface area contributed by atoms with Gasteiger partial charge in [0.05, 0.1) is 7.11 Å². The van der Waals surface area contributed by atoms with Crippen molar-refractivity contribution in [1.82, 2.24) is 20.5 Å². The van der Waals surface area contributed by atoms with Gasteiger partial charge in [0.25, 0.3) is 0 Å². The number of anilines is 1. The van der Waals surface area contributed by atoms with Crippen LogP contribution >= 0.6 is 0 Å². The Balaban J connectivity index is 1.79. The van der Waals surface area contributed by atoms with Crippen molar-refractivity contribution in [2.45, 2.75) is 25.8 Å². The molecule has 1 fully saturated rings. The van der Waals surface area contributed by atoms with Gasteiger partial charge in [-0.05, 0) is 56.1 Å². The van der Waals surface area contributed by atoms with Gasteiger partial charge in [0.1, 0.15) is 17.0 Å². The van der Waals surface area contributed by atoms with Crippen molar-refractivity contribution in [2.75, 3.05) is 25.5 Å². The SMILES string of the molecule is COc1cc(C)ccc1-c1nnc(N[C@@H]2CCCNC2)c2ncccc12. The summed E-state index contributed by atoms with van der Waals surface area (Å²) in [6.07, 6.45) is 4.08. The molecule has 0 radical (unpaired) electrons. The Hall–Kier alpha value is -2.73. The minimum absolute atomic E-state index is 0.350. The smallest absolute Gasteiger partial charge is 0.175 e. The number of aryl methyl sites for hydroxylation is 1. The first kappa shape index (κ1) is 16.7. The zero-order chi connectivity index (χ0) is 17.9. The lowest BCUT2D eigenvalue weighted by Gasteiger charge is -2.24. The second-order valence-electron chi connectivity index (χ2n) is 6.69. The standard InChI is InChI=1S/C20H23N5O/c1-13-7-8-15(17(11-13)26-2)18-16-6-4-10-22-19(16)20(25-24-18)23-14-5-3-9-21-12-14/h4,6-8,10-11,14,21H,3,5,9,12H2,1-2H3,(H,23,25)/t14-/m1/s1. The molecule has 2 N–H and O–H groups in total. The molecule has 0 unspecified atom stereocenters. The lowest BCUT2D eigenvalue weighted by Crippen LogP contribution is -2.38. The number of aromatic nitrogens is 3. The van der Waals surface area contributed by atoms with E-state index in [9.17, 15) is 0 Å². The van der Waals surface area contributed by atoms with Crippen molar-refractivity contribution in [3.8, 4) is 17.0 Å². The van der Waals surface area contributed by atoms with Gasteiger partial charge in [-0.25, -0.2) is 0 Å². The van der Waals surface area contributed by atoms with Crippen LogP contribution in [0.25, 0.3) is 22.2 Å². The average molecular weight is 349 g/mol. The van der Waals surface area contributed by atoms with E-state index in [0.717, 1.165) is 65.2 Å². The number of rotatable bonds is 4. The molecule has 3 aromatic rings. The molecule has 134 valence electrons. The van der Waals surface area contributed by atoms with Crippen molar-refractivity contribution >= 4 is 16.7 Å². The first-order chi connectivity index (χ1) is 12.8. The van der Waals surface area contributed by atoms with E-state index in [1.54, 1.807) is 13.3 Å². The number of methoxy groups -OCH3 is 1. The molecule has 26 heavy (non-hydrogen) atoms. The summed E-state index contributed by atoms with van der Waals surface area (Å²) in [5.41, 5.74) is 3.70. The molecule has 1 aliphatic rings. The molecule has 1 atom stereocenters. The lowest BCUT2D eigenvalue weighted by molar-refractivity contribution is 0.416. The summed E-state index contributed by atoms with van der Waals surface area (Å²) in [6.45, 7) is 4.06. The van der Waals surface area contributed by atoms with Crippen molar-refractivity contribution in [2.24, 2.45) is 0 Å². The number of nitrogens with one attached hydrogen (secondary N) is 2. The van der Waals surface area contributed by atoms with E-state index in [4.69, 9.17) is 4.74 Å². The molecule has 0 amide bonds. The van der Waals surface area contributed by atoms with E-state index in [2.05, 4.69) is 31.9 Å². The molecule has 4 rings (SSSR count). The third-order valence-corrected chi connectivity index (χ3v) is 4.79. The number of benzene rings is 1. The van der Waals surface area contributed by atoms with Crippen molar-refractivity contribution in [1.29, 1.82) is 0 Å². The van der Waals surface area contributed by atoms with Crippen LogP contribution in [-0.4, -0.2) is 41.4 Å². The topological polar surface area (TPSA) is 72.0 Å². The average Bonchev–Trinajstić information content (AvgIpc) is 2.69. The predicted octanol–water partition coefficient (Wildman–Crippen LogP) is 3.17. The van der Waals surface area contributed by atoms with E-state index >= 15 is 0 Å². The fourth-order valence-corrected chi connectivity index (χ4v) is 3.44. The maximum atomic E-state index is 5.57. The Morgan fingerprint density at radius 2 is 2.15 bits per heavy atom. The zero-order valence-corrected chi connectivity index (χ0v) is 15.1. The second kappa shape index (κ2) is 7.25. The second-order valence-corrected chi connectivity index (χ2v) is 6.69. The minimum Gasteiger partial charge on any atom is -0.496 e. The summed E-state index contributed by atoms with van der Waals surface area (Å²) in [4.78, 5) is 4.58. The normalized spacial score (nSPS) is 17.2. The molecule has 0 aliphatic carbocycles. The maximum Gasteiger partial charge on any atom is 0.175 e. The fourth-order valence-electron chi connectivity index (χ4n) is 3.44. The highest BCUT2D eigenvalue weighted by Gasteiger charge is 2.18. The number of fused-ring (bicyclic) bond motifs is 1. The van der Waals surface area contributed by atoms with Gasteiger partial charge in [-0.15, -0.1) is 10.2 Å². The third-order valence-electron chi connectivity index (χ3n) is 4.79. The van der Waals surface area contributed by atoms with E-state index in [-0.39, 0.29) is 0 Å². The quantitative estimate of drug-likeness (QED) is 0.754. The van der Waals surface area contributed by atoms with E-state index in [1.165, 1.54) is 0 Å². The molecule has 0 bridgehead atoms. The van der Waals surface area contributed by atoms with Crippen LogP contribution in [0.2, 0.25) is 0 Å². The van der Waals surface area contributed by atoms with Gasteiger partial charge in [-0.3, -0.25) is 4.98 Å². The molecule has 1 saturated heterocycles. The Bertz CT molecular complexity index is 921. The summed E-state index contributed by atoms with van der Waals surface area (Å²) in [6, 6.07) is 10.4. The molecule has 3 heterocycles. The lowest BCUT2D eigenvalue weighted by atomic mass is 10.0. The Morgan fingerprint density at radius 1 is 1.23 bits per heavy atom. The van der Waals surface area contributed by atoms with Gasteiger partial charge in [0.2, 0.25) is 0 Å². The molecule has 6 heteroatoms. The molecular weight excluding hydrogens is 326 g/mol. The van der Waals surface area contributed by atoms with Crippen molar-refractivity contribution < 1.29 is 4.74 Å². The Morgan fingerprint density at radius 3 is 2.96 bits per heavy atom. The van der Waals surface area contributed by atoms with Crippen LogP contribution in [0.1, 0.15) is 18.4 Å². The fraction of sp³-hybridized carbons (Fsp3) is 0.350. The highest BCUT2D eigenvalue weighted by atomic mass is 16.5. The first-order valence-electron chi connectivity index (χ1n) is 9.00. The molecule has 1 aromatic carbocycles. The molecule has 0 spiro atoms. The Labute approximate surface area is 153 Å². The largest absolute Gasteiger partial charge is 0.496 e. The first-order valence-corrected chi connectivity index (χ1v) is 9.00. The predicted molar refractivity (Wildman–Crippen MR) is 104 cm³/mol. The molecule has 0 saturated carbocycles. The Kier molecular flexibility index (Phi) is 4.67. The summed E-state index contributed by atoms with van der Waals surface area (Å²) < 4.78 is 5.57. The number of nitrogens with zero attached hydrogens (tertiary/aromatic N) is 3. The van der Waals surface area contributed by atoms with E-state index in [1.807, 2.05) is 31.2 Å². The van der Waals surface area contributed by atoms with Crippen LogP contribution in [0.4, 0.5) is 5.82 Å². The molecule has 2 aromatic heterocycles. The van der Waals surface area contributed by atoms with Crippen LogP contribution < -0.4 is 15.4 Å². The molecule has 1 aliphatic heterocycles. The van der Waals surface area contributed by atoms with E-state index < -0.39 is 0 Å². The summed E-state index contributed by atoms with van der Waals surface area (Å²) in [5, 5.41) is 16.9. The maximum absolute atomic E-state index is 5.57. The monoisotopic (exact) mass is 349 g/mol. The van der Waals surface area contributed by atoms with Crippen molar-refractivity contribution in [3.63, 3.8) is 0 Å². The van der Waals surface area contributed by atoms with Crippen LogP contribution in [-0.2, 0) is 0 Å². The van der Waals surface area contributed by atoms with Gasteiger partial charge in [0, 0.05) is 29.7 Å². The number of hydrogen-bond acceptors (Lipinski definition) is 6. The third kappa shape index (κ3) is 3.20. The van der Waals surface area contributed by atoms with Crippen LogP contribution in [0.3, 0.4) is 0 Å². The van der Waals surface area contributed by atoms with Crippen LogP contribution in [0.15, 0.2) is 36.5 Å². The van der Waals surface area contributed by atoms with Gasteiger partial charge in [0.15, 0.2) is 5.82 Å². The highest BCUT2D eigenvalue weighted by molar-refractivity contribution is 5.98. The van der Waals surface area contributed by atoms with Gasteiger partial charge >= 0.3 is 0 Å². The van der Waals surface area contributed by atoms with E-state index in [0.29, 0.717) is 6.04 Å². The zero-order valence-electron chi connectivity index (χ0n) is 15.1. The minimum atomic E-state index is 0.350. The summed E-state index contributed by atoms with van der Waals surface area (Å²) >= 11 is 0. The van der Waals surface area contributed by atoms with Crippen LogP contribution in [0.5, 0.6) is 5.75 Å². The van der Waals surface area contributed by atoms with Crippen LogP contribution in [0, 0.1) is 6.92 Å². The highest BCUT2D eigenvalue weighted by Crippen LogP contribution is 2.34. The summed E-state index contributed by atoms with van der Waals surface area (Å²) in [7, 11) is 1.68. The molecular formula is C20H23N5O. The number of hydrogen-bond donors (Lipinski definition) is 2. The van der Waals surface area contributed by atoms with Gasteiger partial charge in [-0.1, -0.05) is 6.07 Å². The van der Waals surface area contributed by atoms with Gasteiger partial charge < -0.3 is 15.4 Å². The number of ether oxygens (including phenoxy) is 1.